The van der Waals surface area contributed by atoms with Gasteiger partial charge >= 0.3 is 0 Å². The molecule has 0 saturated heterocycles. The molecule has 0 radical (unpaired) electrons. The zero-order valence-electron chi connectivity index (χ0n) is 17.7. The lowest BCUT2D eigenvalue weighted by molar-refractivity contribution is -0.112. The van der Waals surface area contributed by atoms with Crippen LogP contribution < -0.4 is 20.3 Å². The van der Waals surface area contributed by atoms with Crippen LogP contribution in [0.1, 0.15) is 25.0 Å². The van der Waals surface area contributed by atoms with Gasteiger partial charge in [-0.15, -0.1) is 0 Å². The first-order chi connectivity index (χ1) is 13.9. The summed E-state index contributed by atoms with van der Waals surface area (Å²) in [7, 11) is 1.54. The molecule has 6 heteroatoms. The van der Waals surface area contributed by atoms with Crippen molar-refractivity contribution in [3.8, 4) is 11.8 Å². The number of ether oxygens (including phenoxy) is 1. The number of nitriles is 1. The third-order valence-corrected chi connectivity index (χ3v) is 4.68. The quantitative estimate of drug-likeness (QED) is 0.506. The average Bonchev–Trinajstić information content (AvgIpc) is 2.71. The lowest BCUT2D eigenvalue weighted by Gasteiger charge is -2.22. The number of anilines is 3. The molecule has 0 aromatic heterocycles. The molecule has 0 bridgehead atoms. The highest BCUT2D eigenvalue weighted by Crippen LogP contribution is 2.26. The molecule has 0 aliphatic carbocycles. The number of aryl methyl sites for hydroxylation is 2. The number of amides is 1. The second-order valence-corrected chi connectivity index (χ2v) is 6.64. The van der Waals surface area contributed by atoms with Crippen LogP contribution >= 0.6 is 0 Å². The number of rotatable bonds is 8. The van der Waals surface area contributed by atoms with E-state index in [0.717, 1.165) is 35.6 Å². The van der Waals surface area contributed by atoms with E-state index in [0.29, 0.717) is 11.4 Å². The molecule has 0 heterocycles. The molecule has 0 aliphatic rings. The summed E-state index contributed by atoms with van der Waals surface area (Å²) >= 11 is 0. The summed E-state index contributed by atoms with van der Waals surface area (Å²) in [5, 5.41) is 15.2. The van der Waals surface area contributed by atoms with Crippen LogP contribution in [-0.4, -0.2) is 26.1 Å². The first-order valence-corrected chi connectivity index (χ1v) is 9.61. The van der Waals surface area contributed by atoms with Gasteiger partial charge in [0.2, 0.25) is 0 Å². The van der Waals surface area contributed by atoms with Gasteiger partial charge in [-0.1, -0.05) is 6.07 Å². The lowest BCUT2D eigenvalue weighted by Crippen LogP contribution is -2.21. The predicted molar refractivity (Wildman–Crippen MR) is 118 cm³/mol. The Balaban J connectivity index is 2.17. The van der Waals surface area contributed by atoms with Crippen LogP contribution in [-0.2, 0) is 4.79 Å². The fourth-order valence-electron chi connectivity index (χ4n) is 3.00. The fourth-order valence-corrected chi connectivity index (χ4v) is 3.00. The normalized spacial score (nSPS) is 10.8. The van der Waals surface area contributed by atoms with Crippen LogP contribution in [0.5, 0.6) is 5.75 Å². The molecular weight excluding hydrogens is 364 g/mol. The Hall–Kier alpha value is -3.46. The second-order valence-electron chi connectivity index (χ2n) is 6.64. The molecule has 0 unspecified atom stereocenters. The first kappa shape index (κ1) is 21.8. The third kappa shape index (κ3) is 5.52. The number of hydrogen-bond acceptors (Lipinski definition) is 5. The molecule has 0 atom stereocenters. The highest BCUT2D eigenvalue weighted by Gasteiger charge is 2.13. The Morgan fingerprint density at radius 2 is 1.86 bits per heavy atom. The summed E-state index contributed by atoms with van der Waals surface area (Å²) in [4.78, 5) is 14.8. The molecule has 152 valence electrons. The Morgan fingerprint density at radius 1 is 1.14 bits per heavy atom. The molecule has 0 saturated carbocycles. The van der Waals surface area contributed by atoms with Crippen molar-refractivity contribution in [1.82, 2.24) is 0 Å². The Labute approximate surface area is 172 Å². The van der Waals surface area contributed by atoms with Gasteiger partial charge in [-0.25, -0.2) is 0 Å². The van der Waals surface area contributed by atoms with Crippen LogP contribution in [0.15, 0.2) is 48.2 Å². The summed E-state index contributed by atoms with van der Waals surface area (Å²) in [5.41, 5.74) is 4.50. The van der Waals surface area contributed by atoms with Crippen molar-refractivity contribution in [2.24, 2.45) is 0 Å². The van der Waals surface area contributed by atoms with Crippen molar-refractivity contribution in [1.29, 1.82) is 5.26 Å². The molecule has 29 heavy (non-hydrogen) atoms. The molecule has 1 amide bonds. The molecule has 6 nitrogen and oxygen atoms in total. The maximum atomic E-state index is 12.5. The van der Waals surface area contributed by atoms with Crippen LogP contribution in [0.4, 0.5) is 17.1 Å². The lowest BCUT2D eigenvalue weighted by atomic mass is 10.1. The monoisotopic (exact) mass is 392 g/mol. The van der Waals surface area contributed by atoms with Crippen LogP contribution in [0.25, 0.3) is 0 Å². The van der Waals surface area contributed by atoms with E-state index in [4.69, 9.17) is 4.74 Å². The van der Waals surface area contributed by atoms with Crippen molar-refractivity contribution >= 4 is 23.0 Å². The SMILES string of the molecule is CCN(CC)c1ccc(N/C=C(/C#N)C(=O)Nc2cc(C)ccc2OC)c(C)c1. The Bertz CT molecular complexity index is 940. The van der Waals surface area contributed by atoms with E-state index in [-0.39, 0.29) is 5.57 Å². The number of benzene rings is 2. The molecule has 0 fully saturated rings. The van der Waals surface area contributed by atoms with Gasteiger partial charge in [-0.3, -0.25) is 4.79 Å². The van der Waals surface area contributed by atoms with Gasteiger partial charge in [0.25, 0.3) is 5.91 Å². The van der Waals surface area contributed by atoms with Crippen LogP contribution in [0.2, 0.25) is 0 Å². The number of carbonyl (C=O) groups excluding carboxylic acids is 1. The highest BCUT2D eigenvalue weighted by atomic mass is 16.5. The zero-order valence-corrected chi connectivity index (χ0v) is 17.7. The van der Waals surface area contributed by atoms with E-state index in [9.17, 15) is 10.1 Å². The van der Waals surface area contributed by atoms with Gasteiger partial charge in [-0.2, -0.15) is 5.26 Å². The number of carbonyl (C=O) groups is 1. The van der Waals surface area contributed by atoms with Gasteiger partial charge in [-0.05, 0) is 69.2 Å². The van der Waals surface area contributed by atoms with Crippen LogP contribution in [0, 0.1) is 25.2 Å². The predicted octanol–water partition coefficient (Wildman–Crippen LogP) is 4.62. The minimum absolute atomic E-state index is 0.0271. The number of nitrogens with one attached hydrogen (secondary N) is 2. The molecule has 2 rings (SSSR count). The maximum absolute atomic E-state index is 12.5. The number of methoxy groups -OCH3 is 1. The van der Waals surface area contributed by atoms with E-state index in [1.807, 2.05) is 38.1 Å². The second kappa shape index (κ2) is 10.2. The highest BCUT2D eigenvalue weighted by molar-refractivity contribution is 6.07. The van der Waals surface area contributed by atoms with Gasteiger partial charge < -0.3 is 20.3 Å². The van der Waals surface area contributed by atoms with E-state index >= 15 is 0 Å². The molecular formula is C23H28N4O2. The van der Waals surface area contributed by atoms with Crippen molar-refractivity contribution in [3.63, 3.8) is 0 Å². The molecule has 2 N–H and O–H groups in total. The standard InChI is InChI=1S/C23H28N4O2/c1-6-27(7-2)19-9-10-20(17(4)13-19)25-15-18(14-24)23(28)26-21-12-16(3)8-11-22(21)29-5/h8-13,15,25H,6-7H2,1-5H3,(H,26,28)/b18-15-. The van der Waals surface area contributed by atoms with Gasteiger partial charge in [0.1, 0.15) is 17.4 Å². The summed E-state index contributed by atoms with van der Waals surface area (Å²) in [6.45, 7) is 10.0. The Kier molecular flexibility index (Phi) is 7.67. The van der Waals surface area contributed by atoms with Gasteiger partial charge in [0.05, 0.1) is 12.8 Å². The summed E-state index contributed by atoms with van der Waals surface area (Å²) in [6, 6.07) is 13.5. The minimum atomic E-state index is -0.499. The van der Waals surface area contributed by atoms with Crippen molar-refractivity contribution in [3.05, 3.63) is 59.3 Å². The van der Waals surface area contributed by atoms with Crippen molar-refractivity contribution in [2.45, 2.75) is 27.7 Å². The molecule has 2 aromatic carbocycles. The van der Waals surface area contributed by atoms with E-state index < -0.39 is 5.91 Å². The molecule has 0 spiro atoms. The third-order valence-electron chi connectivity index (χ3n) is 4.68. The maximum Gasteiger partial charge on any atom is 0.267 e. The summed E-state index contributed by atoms with van der Waals surface area (Å²) < 4.78 is 5.27. The van der Waals surface area contributed by atoms with E-state index in [1.165, 1.54) is 13.3 Å². The molecule has 2 aromatic rings. The number of hydrogen-bond donors (Lipinski definition) is 2. The minimum Gasteiger partial charge on any atom is -0.495 e. The van der Waals surface area contributed by atoms with Gasteiger partial charge in [0, 0.05) is 30.7 Å². The van der Waals surface area contributed by atoms with Crippen molar-refractivity contribution in [2.75, 3.05) is 35.7 Å². The fraction of sp³-hybridized carbons (Fsp3) is 0.304. The van der Waals surface area contributed by atoms with E-state index in [2.05, 4.69) is 35.4 Å². The average molecular weight is 393 g/mol. The van der Waals surface area contributed by atoms with Gasteiger partial charge in [0.15, 0.2) is 0 Å². The summed E-state index contributed by atoms with van der Waals surface area (Å²) in [5.74, 6) is 0.0401. The topological polar surface area (TPSA) is 77.4 Å². The zero-order chi connectivity index (χ0) is 21.4. The number of nitrogens with zero attached hydrogens (tertiary/aromatic N) is 2. The van der Waals surface area contributed by atoms with E-state index in [1.54, 1.807) is 12.1 Å². The van der Waals surface area contributed by atoms with Crippen molar-refractivity contribution < 1.29 is 9.53 Å². The summed E-state index contributed by atoms with van der Waals surface area (Å²) in [6.07, 6.45) is 1.43. The molecule has 0 aliphatic heterocycles. The smallest absolute Gasteiger partial charge is 0.267 e. The van der Waals surface area contributed by atoms with Crippen LogP contribution in [0.3, 0.4) is 0 Å². The first-order valence-electron chi connectivity index (χ1n) is 9.61. The Morgan fingerprint density at radius 3 is 2.45 bits per heavy atom. The largest absolute Gasteiger partial charge is 0.495 e.